The van der Waals surface area contributed by atoms with Crippen LogP contribution in [0.2, 0.25) is 0 Å². The number of benzene rings is 1. The minimum Gasteiger partial charge on any atom is -0.439 e. The topological polar surface area (TPSA) is 65.3 Å². The van der Waals surface area contributed by atoms with E-state index in [2.05, 4.69) is 4.98 Å². The lowest BCUT2D eigenvalue weighted by molar-refractivity contribution is -0.385. The second-order valence-corrected chi connectivity index (χ2v) is 3.62. The van der Waals surface area contributed by atoms with Crippen LogP contribution in [0.4, 0.5) is 10.1 Å². The molecular weight excluding hydrogens is 239 g/mol. The van der Waals surface area contributed by atoms with Crippen molar-refractivity contribution < 1.29 is 14.1 Å². The molecule has 0 unspecified atom stereocenters. The Labute approximate surface area is 102 Å². The fraction of sp³-hybridized carbons (Fsp3) is 0.0833. The van der Waals surface area contributed by atoms with Gasteiger partial charge in [0.2, 0.25) is 5.88 Å². The molecule has 1 heterocycles. The number of halogens is 1. The molecule has 0 N–H and O–H groups in total. The summed E-state index contributed by atoms with van der Waals surface area (Å²) < 4.78 is 18.5. The van der Waals surface area contributed by atoms with Crippen molar-refractivity contribution in [3.63, 3.8) is 0 Å². The van der Waals surface area contributed by atoms with Crippen LogP contribution >= 0.6 is 0 Å². The minimum atomic E-state index is -0.553. The number of nitro groups is 1. The molecule has 0 radical (unpaired) electrons. The molecule has 0 amide bonds. The van der Waals surface area contributed by atoms with E-state index >= 15 is 0 Å². The molecule has 0 saturated carbocycles. The Morgan fingerprint density at radius 3 is 2.67 bits per heavy atom. The van der Waals surface area contributed by atoms with Crippen LogP contribution in [0.1, 0.15) is 5.56 Å². The normalized spacial score (nSPS) is 10.1. The van der Waals surface area contributed by atoms with Gasteiger partial charge in [0, 0.05) is 18.2 Å². The second kappa shape index (κ2) is 4.79. The van der Waals surface area contributed by atoms with Crippen molar-refractivity contribution in [3.05, 3.63) is 58.0 Å². The van der Waals surface area contributed by atoms with Crippen LogP contribution in [0.5, 0.6) is 11.6 Å². The van der Waals surface area contributed by atoms with E-state index in [0.717, 1.165) is 6.20 Å². The molecule has 2 rings (SSSR count). The third-order valence-corrected chi connectivity index (χ3v) is 2.30. The maximum absolute atomic E-state index is 13.3. The summed E-state index contributed by atoms with van der Waals surface area (Å²) in [6, 6.07) is 7.04. The van der Waals surface area contributed by atoms with Crippen molar-refractivity contribution in [2.75, 3.05) is 0 Å². The monoisotopic (exact) mass is 248 g/mol. The van der Waals surface area contributed by atoms with Crippen molar-refractivity contribution in [2.45, 2.75) is 6.92 Å². The van der Waals surface area contributed by atoms with Crippen LogP contribution in [0.3, 0.4) is 0 Å². The van der Waals surface area contributed by atoms with E-state index in [1.54, 1.807) is 19.1 Å². The van der Waals surface area contributed by atoms with Gasteiger partial charge in [0.15, 0.2) is 0 Å². The quantitative estimate of drug-likeness (QED) is 0.617. The third kappa shape index (κ3) is 2.60. The van der Waals surface area contributed by atoms with Gasteiger partial charge in [-0.1, -0.05) is 6.07 Å². The van der Waals surface area contributed by atoms with Gasteiger partial charge in [-0.3, -0.25) is 10.1 Å². The Bertz CT molecular complexity index is 584. The van der Waals surface area contributed by atoms with Gasteiger partial charge in [0.05, 0.1) is 4.92 Å². The van der Waals surface area contributed by atoms with Gasteiger partial charge in [0.25, 0.3) is 5.69 Å². The molecule has 1 aromatic heterocycles. The Kier molecular flexibility index (Phi) is 3.18. The highest BCUT2D eigenvalue weighted by atomic mass is 19.1. The number of hydrogen-bond acceptors (Lipinski definition) is 4. The maximum Gasteiger partial charge on any atom is 0.287 e. The molecule has 0 aliphatic carbocycles. The lowest BCUT2D eigenvalue weighted by Crippen LogP contribution is -1.92. The average Bonchev–Trinajstić information content (AvgIpc) is 2.34. The summed E-state index contributed by atoms with van der Waals surface area (Å²) in [7, 11) is 0. The van der Waals surface area contributed by atoms with E-state index in [1.807, 2.05) is 0 Å². The van der Waals surface area contributed by atoms with Gasteiger partial charge in [-0.2, -0.15) is 0 Å². The maximum atomic E-state index is 13.3. The fourth-order valence-electron chi connectivity index (χ4n) is 1.30. The first-order chi connectivity index (χ1) is 8.56. The standard InChI is InChI=1S/C12H9FN2O3/c1-8-2-4-10(6-11(8)13)18-12-5-3-9(7-14-12)15(16)17/h2-7H,1H3. The van der Waals surface area contributed by atoms with E-state index < -0.39 is 4.92 Å². The molecule has 0 bridgehead atoms. The van der Waals surface area contributed by atoms with Crippen molar-refractivity contribution in [1.82, 2.24) is 4.98 Å². The van der Waals surface area contributed by atoms with Crippen molar-refractivity contribution in [1.29, 1.82) is 0 Å². The molecule has 0 atom stereocenters. The van der Waals surface area contributed by atoms with Crippen LogP contribution < -0.4 is 4.74 Å². The molecule has 0 aliphatic heterocycles. The smallest absolute Gasteiger partial charge is 0.287 e. The Balaban J connectivity index is 2.18. The number of rotatable bonds is 3. The van der Waals surface area contributed by atoms with Crippen LogP contribution in [0.15, 0.2) is 36.5 Å². The van der Waals surface area contributed by atoms with Gasteiger partial charge < -0.3 is 4.74 Å². The van der Waals surface area contributed by atoms with Gasteiger partial charge in [-0.15, -0.1) is 0 Å². The summed E-state index contributed by atoms with van der Waals surface area (Å²) in [5.74, 6) is 0.0812. The van der Waals surface area contributed by atoms with Crippen molar-refractivity contribution >= 4 is 5.69 Å². The number of pyridine rings is 1. The van der Waals surface area contributed by atoms with Crippen molar-refractivity contribution in [2.24, 2.45) is 0 Å². The predicted octanol–water partition coefficient (Wildman–Crippen LogP) is 3.23. The number of nitrogens with zero attached hydrogens (tertiary/aromatic N) is 2. The molecule has 5 nitrogen and oxygen atoms in total. The molecule has 6 heteroatoms. The first-order valence-electron chi connectivity index (χ1n) is 5.11. The summed E-state index contributed by atoms with van der Waals surface area (Å²) in [6.07, 6.45) is 1.08. The second-order valence-electron chi connectivity index (χ2n) is 3.62. The Morgan fingerprint density at radius 2 is 2.11 bits per heavy atom. The Hall–Kier alpha value is -2.50. The molecule has 0 fully saturated rings. The SMILES string of the molecule is Cc1ccc(Oc2ccc([N+](=O)[O-])cn2)cc1F. The van der Waals surface area contributed by atoms with Crippen LogP contribution in [0, 0.1) is 22.9 Å². The van der Waals surface area contributed by atoms with Gasteiger partial charge in [0.1, 0.15) is 17.8 Å². The van der Waals surface area contributed by atoms with Gasteiger partial charge in [-0.25, -0.2) is 9.37 Å². The Morgan fingerprint density at radius 1 is 1.33 bits per heavy atom. The lowest BCUT2D eigenvalue weighted by atomic mass is 10.2. The number of hydrogen-bond donors (Lipinski definition) is 0. The summed E-state index contributed by atoms with van der Waals surface area (Å²) in [4.78, 5) is 13.6. The number of aromatic nitrogens is 1. The van der Waals surface area contributed by atoms with E-state index in [4.69, 9.17) is 4.74 Å². The van der Waals surface area contributed by atoms with Crippen molar-refractivity contribution in [3.8, 4) is 11.6 Å². The molecule has 0 aliphatic rings. The van der Waals surface area contributed by atoms with Gasteiger partial charge >= 0.3 is 0 Å². The molecule has 0 saturated heterocycles. The number of ether oxygens (including phenoxy) is 1. The first kappa shape index (κ1) is 12.0. The first-order valence-corrected chi connectivity index (χ1v) is 5.11. The highest BCUT2D eigenvalue weighted by molar-refractivity contribution is 5.34. The van der Waals surface area contributed by atoms with Crippen LogP contribution in [0.25, 0.3) is 0 Å². The fourth-order valence-corrected chi connectivity index (χ4v) is 1.30. The summed E-state index contributed by atoms with van der Waals surface area (Å²) in [5, 5.41) is 10.4. The predicted molar refractivity (Wildman–Crippen MR) is 62.1 cm³/mol. The minimum absolute atomic E-state index is 0.127. The number of aryl methyl sites for hydroxylation is 1. The van der Waals surface area contributed by atoms with Crippen LogP contribution in [-0.2, 0) is 0 Å². The highest BCUT2D eigenvalue weighted by Gasteiger charge is 2.07. The molecular formula is C12H9FN2O3. The summed E-state index contributed by atoms with van der Waals surface area (Å²) in [5.41, 5.74) is 0.386. The van der Waals surface area contributed by atoms with E-state index in [-0.39, 0.29) is 17.4 Å². The summed E-state index contributed by atoms with van der Waals surface area (Å²) in [6.45, 7) is 1.64. The summed E-state index contributed by atoms with van der Waals surface area (Å²) >= 11 is 0. The van der Waals surface area contributed by atoms with Crippen LogP contribution in [-0.4, -0.2) is 9.91 Å². The van der Waals surface area contributed by atoms with Gasteiger partial charge in [-0.05, 0) is 18.6 Å². The lowest BCUT2D eigenvalue weighted by Gasteiger charge is -2.05. The zero-order valence-corrected chi connectivity index (χ0v) is 9.46. The van der Waals surface area contributed by atoms with E-state index in [9.17, 15) is 14.5 Å². The van der Waals surface area contributed by atoms with E-state index in [0.29, 0.717) is 11.3 Å². The molecule has 0 spiro atoms. The zero-order chi connectivity index (χ0) is 13.1. The molecule has 92 valence electrons. The molecule has 1 aromatic carbocycles. The largest absolute Gasteiger partial charge is 0.439 e. The average molecular weight is 248 g/mol. The zero-order valence-electron chi connectivity index (χ0n) is 9.46. The highest BCUT2D eigenvalue weighted by Crippen LogP contribution is 2.22. The third-order valence-electron chi connectivity index (χ3n) is 2.30. The van der Waals surface area contributed by atoms with E-state index in [1.165, 1.54) is 18.2 Å². The molecule has 18 heavy (non-hydrogen) atoms. The molecule has 2 aromatic rings.